The molecular weight excluding hydrogens is 280 g/mol. The van der Waals surface area contributed by atoms with Crippen LogP contribution in [-0.4, -0.2) is 31.7 Å². The predicted molar refractivity (Wildman–Crippen MR) is 74.3 cm³/mol. The van der Waals surface area contributed by atoms with E-state index in [0.717, 1.165) is 0 Å². The van der Waals surface area contributed by atoms with Crippen LogP contribution in [0.2, 0.25) is 0 Å². The molecule has 0 amide bonds. The van der Waals surface area contributed by atoms with Crippen molar-refractivity contribution < 1.29 is 23.9 Å². The highest BCUT2D eigenvalue weighted by Crippen LogP contribution is 2.34. The highest BCUT2D eigenvalue weighted by molar-refractivity contribution is 5.69. The second-order valence-corrected chi connectivity index (χ2v) is 4.12. The smallest absolute Gasteiger partial charge is 0.305 e. The van der Waals surface area contributed by atoms with Crippen LogP contribution in [0.15, 0.2) is 12.1 Å². The van der Waals surface area contributed by atoms with E-state index in [0.29, 0.717) is 17.7 Å². The highest BCUT2D eigenvalue weighted by atomic mass is 16.6. The van der Waals surface area contributed by atoms with Crippen LogP contribution < -0.4 is 15.2 Å². The van der Waals surface area contributed by atoms with Crippen LogP contribution in [0, 0.1) is 10.1 Å². The van der Waals surface area contributed by atoms with Crippen LogP contribution in [0.4, 0.5) is 5.69 Å². The van der Waals surface area contributed by atoms with Crippen molar-refractivity contribution in [1.29, 1.82) is 0 Å². The summed E-state index contributed by atoms with van der Waals surface area (Å²) >= 11 is 0. The molecule has 0 unspecified atom stereocenters. The van der Waals surface area contributed by atoms with E-state index in [4.69, 9.17) is 15.2 Å². The second-order valence-electron chi connectivity index (χ2n) is 4.12. The molecule has 1 aromatic rings. The van der Waals surface area contributed by atoms with Crippen LogP contribution >= 0.6 is 0 Å². The minimum absolute atomic E-state index is 0.0231. The van der Waals surface area contributed by atoms with E-state index in [9.17, 15) is 14.9 Å². The summed E-state index contributed by atoms with van der Waals surface area (Å²) < 4.78 is 15.1. The topological polar surface area (TPSA) is 114 Å². The van der Waals surface area contributed by atoms with Gasteiger partial charge < -0.3 is 19.9 Å². The normalized spacial score (nSPS) is 10.0. The third kappa shape index (κ3) is 4.60. The van der Waals surface area contributed by atoms with E-state index in [1.54, 1.807) is 0 Å². The number of esters is 1. The van der Waals surface area contributed by atoms with E-state index >= 15 is 0 Å². The Morgan fingerprint density at radius 2 is 2.05 bits per heavy atom. The summed E-state index contributed by atoms with van der Waals surface area (Å²) in [7, 11) is 2.74. The molecule has 21 heavy (non-hydrogen) atoms. The van der Waals surface area contributed by atoms with Gasteiger partial charge in [-0.25, -0.2) is 0 Å². The van der Waals surface area contributed by atoms with Crippen molar-refractivity contribution in [3.8, 4) is 11.5 Å². The van der Waals surface area contributed by atoms with Gasteiger partial charge in [0, 0.05) is 18.5 Å². The SMILES string of the molecule is COC(=O)CCCOc1cc([N+](=O)[O-])c(CN)cc1OC. The number of carbonyl (C=O) groups is 1. The maximum Gasteiger partial charge on any atom is 0.305 e. The monoisotopic (exact) mass is 298 g/mol. The number of nitrogens with zero attached hydrogens (tertiary/aromatic N) is 1. The van der Waals surface area contributed by atoms with Crippen molar-refractivity contribution >= 4 is 11.7 Å². The first kappa shape index (κ1) is 16.7. The summed E-state index contributed by atoms with van der Waals surface area (Å²) in [6.45, 7) is 0.236. The molecule has 1 rings (SSSR count). The van der Waals surface area contributed by atoms with E-state index in [2.05, 4.69) is 4.74 Å². The van der Waals surface area contributed by atoms with Gasteiger partial charge >= 0.3 is 5.97 Å². The summed E-state index contributed by atoms with van der Waals surface area (Å²) in [5.74, 6) is 0.264. The first-order valence-corrected chi connectivity index (χ1v) is 6.28. The second kappa shape index (κ2) is 8.05. The van der Waals surface area contributed by atoms with Crippen molar-refractivity contribution in [2.45, 2.75) is 19.4 Å². The summed E-state index contributed by atoms with van der Waals surface area (Å²) in [5, 5.41) is 11.0. The molecule has 0 aromatic heterocycles. The number of nitrogens with two attached hydrogens (primary N) is 1. The fraction of sp³-hybridized carbons (Fsp3) is 0.462. The average Bonchev–Trinajstić information content (AvgIpc) is 2.50. The lowest BCUT2D eigenvalue weighted by Crippen LogP contribution is -2.07. The Morgan fingerprint density at radius 3 is 2.57 bits per heavy atom. The van der Waals surface area contributed by atoms with E-state index in [-0.39, 0.29) is 37.0 Å². The van der Waals surface area contributed by atoms with E-state index in [1.165, 1.54) is 26.4 Å². The molecule has 116 valence electrons. The third-order valence-corrected chi connectivity index (χ3v) is 2.79. The first-order chi connectivity index (χ1) is 10.0. The number of rotatable bonds is 8. The molecule has 0 heterocycles. The molecule has 0 aliphatic heterocycles. The van der Waals surface area contributed by atoms with Crippen LogP contribution in [0.5, 0.6) is 11.5 Å². The minimum Gasteiger partial charge on any atom is -0.493 e. The van der Waals surface area contributed by atoms with Crippen molar-refractivity contribution in [1.82, 2.24) is 0 Å². The van der Waals surface area contributed by atoms with Gasteiger partial charge in [-0.15, -0.1) is 0 Å². The lowest BCUT2D eigenvalue weighted by atomic mass is 10.1. The van der Waals surface area contributed by atoms with Gasteiger partial charge in [0.2, 0.25) is 0 Å². The van der Waals surface area contributed by atoms with Crippen molar-refractivity contribution in [2.75, 3.05) is 20.8 Å². The first-order valence-electron chi connectivity index (χ1n) is 6.28. The maximum absolute atomic E-state index is 11.0. The molecule has 8 heteroatoms. The quantitative estimate of drug-likeness (QED) is 0.334. The third-order valence-electron chi connectivity index (χ3n) is 2.79. The molecular formula is C13H18N2O6. The van der Waals surface area contributed by atoms with Gasteiger partial charge in [0.05, 0.1) is 31.8 Å². The van der Waals surface area contributed by atoms with Crippen LogP contribution in [0.1, 0.15) is 18.4 Å². The van der Waals surface area contributed by atoms with Crippen molar-refractivity contribution in [2.24, 2.45) is 5.73 Å². The van der Waals surface area contributed by atoms with Gasteiger partial charge in [0.15, 0.2) is 11.5 Å². The zero-order valence-corrected chi connectivity index (χ0v) is 12.0. The highest BCUT2D eigenvalue weighted by Gasteiger charge is 2.18. The number of nitro groups is 1. The molecule has 0 radical (unpaired) electrons. The fourth-order valence-electron chi connectivity index (χ4n) is 1.70. The molecule has 0 saturated heterocycles. The summed E-state index contributed by atoms with van der Waals surface area (Å²) in [4.78, 5) is 21.4. The lowest BCUT2D eigenvalue weighted by molar-refractivity contribution is -0.385. The summed E-state index contributed by atoms with van der Waals surface area (Å²) in [6.07, 6.45) is 0.643. The molecule has 2 N–H and O–H groups in total. The Bertz CT molecular complexity index is 518. The molecule has 0 fully saturated rings. The van der Waals surface area contributed by atoms with Crippen LogP contribution in [-0.2, 0) is 16.1 Å². The van der Waals surface area contributed by atoms with Gasteiger partial charge in [-0.05, 0) is 12.5 Å². The van der Waals surface area contributed by atoms with Crippen molar-refractivity contribution in [3.05, 3.63) is 27.8 Å². The van der Waals surface area contributed by atoms with E-state index in [1.807, 2.05) is 0 Å². The maximum atomic E-state index is 11.0. The van der Waals surface area contributed by atoms with Crippen molar-refractivity contribution in [3.63, 3.8) is 0 Å². The Labute approximate surface area is 121 Å². The number of methoxy groups -OCH3 is 2. The largest absolute Gasteiger partial charge is 0.493 e. The number of nitro benzene ring substituents is 1. The summed E-state index contributed by atoms with van der Waals surface area (Å²) in [5.41, 5.74) is 5.72. The molecule has 0 saturated carbocycles. The zero-order valence-electron chi connectivity index (χ0n) is 12.0. The Hall–Kier alpha value is -2.35. The molecule has 1 aromatic carbocycles. The standard InChI is InChI=1S/C13H18N2O6/c1-19-11-6-9(8-14)10(15(17)18)7-12(11)21-5-3-4-13(16)20-2/h6-7H,3-5,8,14H2,1-2H3. The Kier molecular flexibility index (Phi) is 6.41. The molecule has 0 spiro atoms. The Balaban J connectivity index is 2.82. The molecule has 8 nitrogen and oxygen atoms in total. The molecule has 0 atom stereocenters. The predicted octanol–water partition coefficient (Wildman–Crippen LogP) is 1.39. The molecule has 0 bridgehead atoms. The van der Waals surface area contributed by atoms with Gasteiger partial charge in [-0.1, -0.05) is 0 Å². The van der Waals surface area contributed by atoms with Crippen LogP contribution in [0.25, 0.3) is 0 Å². The number of ether oxygens (including phenoxy) is 3. The number of carbonyl (C=O) groups excluding carboxylic acids is 1. The van der Waals surface area contributed by atoms with Gasteiger partial charge in [-0.2, -0.15) is 0 Å². The van der Waals surface area contributed by atoms with Crippen LogP contribution in [0.3, 0.4) is 0 Å². The van der Waals surface area contributed by atoms with E-state index < -0.39 is 4.92 Å². The number of hydrogen-bond donors (Lipinski definition) is 1. The molecule has 0 aliphatic rings. The average molecular weight is 298 g/mol. The minimum atomic E-state index is -0.525. The lowest BCUT2D eigenvalue weighted by Gasteiger charge is -2.12. The zero-order chi connectivity index (χ0) is 15.8. The van der Waals surface area contributed by atoms with Gasteiger partial charge in [0.1, 0.15) is 0 Å². The number of benzene rings is 1. The fourth-order valence-corrected chi connectivity index (χ4v) is 1.70. The van der Waals surface area contributed by atoms with Gasteiger partial charge in [0.25, 0.3) is 5.69 Å². The molecule has 0 aliphatic carbocycles. The summed E-state index contributed by atoms with van der Waals surface area (Å²) in [6, 6.07) is 2.76. The van der Waals surface area contributed by atoms with Gasteiger partial charge in [-0.3, -0.25) is 14.9 Å². The number of hydrogen-bond acceptors (Lipinski definition) is 7. The Morgan fingerprint density at radius 1 is 1.33 bits per heavy atom.